The van der Waals surface area contributed by atoms with Crippen molar-refractivity contribution >= 4 is 11.6 Å². The van der Waals surface area contributed by atoms with Crippen LogP contribution in [0.1, 0.15) is 27.2 Å². The average Bonchev–Trinajstić information content (AvgIpc) is 2.15. The number of nitrogens with two attached hydrogens (primary N) is 1. The van der Waals surface area contributed by atoms with E-state index in [2.05, 4.69) is 31.1 Å². The van der Waals surface area contributed by atoms with E-state index >= 15 is 0 Å². The first-order valence-electron chi connectivity index (χ1n) is 5.00. The Hall–Kier alpha value is -1.25. The lowest BCUT2D eigenvalue weighted by molar-refractivity contribution is 0.376. The molecule has 0 radical (unpaired) electrons. The van der Waals surface area contributed by atoms with Crippen LogP contribution in [0.25, 0.3) is 0 Å². The van der Waals surface area contributed by atoms with E-state index in [9.17, 15) is 0 Å². The van der Waals surface area contributed by atoms with E-state index in [4.69, 9.17) is 5.73 Å². The van der Waals surface area contributed by atoms with Crippen LogP contribution in [0.2, 0.25) is 0 Å². The van der Waals surface area contributed by atoms with Crippen molar-refractivity contribution in [1.29, 1.82) is 0 Å². The van der Waals surface area contributed by atoms with Gasteiger partial charge in [-0.25, -0.2) is 4.98 Å². The number of rotatable bonds is 4. The molecule has 0 atom stereocenters. The number of nitrogens with one attached hydrogen (secondary N) is 1. The van der Waals surface area contributed by atoms with Gasteiger partial charge in [-0.15, -0.1) is 0 Å². The van der Waals surface area contributed by atoms with Crippen molar-refractivity contribution in [2.24, 2.45) is 5.41 Å². The lowest BCUT2D eigenvalue weighted by Gasteiger charge is -2.23. The number of nitrogen functional groups attached to an aromatic ring is 1. The van der Waals surface area contributed by atoms with E-state index in [1.165, 1.54) is 0 Å². The van der Waals surface area contributed by atoms with Crippen molar-refractivity contribution in [2.75, 3.05) is 17.6 Å². The Morgan fingerprint density at radius 3 is 2.71 bits per heavy atom. The molecule has 0 unspecified atom stereocenters. The number of pyridine rings is 1. The van der Waals surface area contributed by atoms with Gasteiger partial charge in [0.25, 0.3) is 0 Å². The second kappa shape index (κ2) is 4.31. The average molecular weight is 193 g/mol. The number of hydrogen-bond donors (Lipinski definition) is 2. The SMILES string of the molecule is CCC(C)(C)CNc1cccc(N)n1. The minimum atomic E-state index is 0.298. The molecule has 0 amide bonds. The molecule has 1 heterocycles. The molecule has 1 aromatic heterocycles. The topological polar surface area (TPSA) is 50.9 Å². The molecule has 0 aromatic carbocycles. The summed E-state index contributed by atoms with van der Waals surface area (Å²) in [5.74, 6) is 1.41. The monoisotopic (exact) mass is 193 g/mol. The van der Waals surface area contributed by atoms with Gasteiger partial charge >= 0.3 is 0 Å². The molecule has 0 saturated carbocycles. The summed E-state index contributed by atoms with van der Waals surface area (Å²) in [6, 6.07) is 5.63. The zero-order valence-corrected chi connectivity index (χ0v) is 9.17. The van der Waals surface area contributed by atoms with Crippen LogP contribution in [0.3, 0.4) is 0 Å². The molecule has 3 nitrogen and oxygen atoms in total. The Morgan fingerprint density at radius 2 is 2.14 bits per heavy atom. The lowest BCUT2D eigenvalue weighted by Crippen LogP contribution is -2.22. The highest BCUT2D eigenvalue weighted by atomic mass is 15.0. The molecular formula is C11H19N3. The molecule has 3 N–H and O–H groups in total. The van der Waals surface area contributed by atoms with E-state index in [0.717, 1.165) is 18.8 Å². The van der Waals surface area contributed by atoms with E-state index < -0.39 is 0 Å². The third-order valence-electron chi connectivity index (χ3n) is 2.48. The van der Waals surface area contributed by atoms with Gasteiger partial charge in [0.05, 0.1) is 0 Å². The number of anilines is 2. The van der Waals surface area contributed by atoms with Crippen molar-refractivity contribution in [2.45, 2.75) is 27.2 Å². The number of nitrogens with zero attached hydrogens (tertiary/aromatic N) is 1. The molecule has 1 rings (SSSR count). The Morgan fingerprint density at radius 1 is 1.43 bits per heavy atom. The second-order valence-electron chi connectivity index (χ2n) is 4.32. The van der Waals surface area contributed by atoms with E-state index in [0.29, 0.717) is 11.2 Å². The van der Waals surface area contributed by atoms with Crippen LogP contribution in [-0.4, -0.2) is 11.5 Å². The quantitative estimate of drug-likeness (QED) is 0.772. The van der Waals surface area contributed by atoms with Crippen LogP contribution in [0, 0.1) is 5.41 Å². The molecule has 0 aliphatic rings. The summed E-state index contributed by atoms with van der Waals surface area (Å²) < 4.78 is 0. The highest BCUT2D eigenvalue weighted by molar-refractivity contribution is 5.42. The summed E-state index contributed by atoms with van der Waals surface area (Å²) in [6.45, 7) is 7.56. The fourth-order valence-electron chi connectivity index (χ4n) is 1.00. The van der Waals surface area contributed by atoms with E-state index in [1.807, 2.05) is 12.1 Å². The van der Waals surface area contributed by atoms with Crippen LogP contribution in [0.5, 0.6) is 0 Å². The molecule has 1 aromatic rings. The van der Waals surface area contributed by atoms with Crippen LogP contribution in [0.15, 0.2) is 18.2 Å². The summed E-state index contributed by atoms with van der Waals surface area (Å²) in [5.41, 5.74) is 5.88. The van der Waals surface area contributed by atoms with E-state index in [1.54, 1.807) is 6.07 Å². The van der Waals surface area contributed by atoms with Crippen molar-refractivity contribution in [3.8, 4) is 0 Å². The van der Waals surface area contributed by atoms with Crippen LogP contribution < -0.4 is 11.1 Å². The molecule has 0 aliphatic heterocycles. The molecular weight excluding hydrogens is 174 g/mol. The maximum Gasteiger partial charge on any atom is 0.128 e. The second-order valence-corrected chi connectivity index (χ2v) is 4.32. The molecule has 0 fully saturated rings. The molecule has 14 heavy (non-hydrogen) atoms. The molecule has 0 saturated heterocycles. The third kappa shape index (κ3) is 3.24. The Kier molecular flexibility index (Phi) is 3.33. The summed E-state index contributed by atoms with van der Waals surface area (Å²) >= 11 is 0. The van der Waals surface area contributed by atoms with Gasteiger partial charge in [-0.2, -0.15) is 0 Å². The number of aromatic nitrogens is 1. The van der Waals surface area contributed by atoms with Crippen molar-refractivity contribution in [1.82, 2.24) is 4.98 Å². The first-order valence-corrected chi connectivity index (χ1v) is 5.00. The summed E-state index contributed by atoms with van der Waals surface area (Å²) in [6.07, 6.45) is 1.14. The molecule has 3 heteroatoms. The van der Waals surface area contributed by atoms with Crippen LogP contribution in [-0.2, 0) is 0 Å². The fraction of sp³-hybridized carbons (Fsp3) is 0.545. The molecule has 0 aliphatic carbocycles. The lowest BCUT2D eigenvalue weighted by atomic mass is 9.90. The fourth-order valence-corrected chi connectivity index (χ4v) is 1.00. The Bertz CT molecular complexity index is 294. The predicted molar refractivity (Wildman–Crippen MR) is 61.2 cm³/mol. The molecule has 78 valence electrons. The summed E-state index contributed by atoms with van der Waals surface area (Å²) in [5, 5.41) is 3.29. The van der Waals surface area contributed by atoms with Crippen molar-refractivity contribution < 1.29 is 0 Å². The number of hydrogen-bond acceptors (Lipinski definition) is 3. The van der Waals surface area contributed by atoms with E-state index in [-0.39, 0.29) is 0 Å². The smallest absolute Gasteiger partial charge is 0.128 e. The van der Waals surface area contributed by atoms with Gasteiger partial charge < -0.3 is 11.1 Å². The Labute approximate surface area is 85.7 Å². The zero-order chi connectivity index (χ0) is 10.6. The summed E-state index contributed by atoms with van der Waals surface area (Å²) in [4.78, 5) is 4.18. The molecule has 0 spiro atoms. The maximum absolute atomic E-state index is 5.58. The third-order valence-corrected chi connectivity index (χ3v) is 2.48. The van der Waals surface area contributed by atoms with Crippen LogP contribution >= 0.6 is 0 Å². The normalized spacial score (nSPS) is 11.4. The van der Waals surface area contributed by atoms with Crippen molar-refractivity contribution in [3.05, 3.63) is 18.2 Å². The van der Waals surface area contributed by atoms with Gasteiger partial charge in [0, 0.05) is 6.54 Å². The maximum atomic E-state index is 5.58. The van der Waals surface area contributed by atoms with Gasteiger partial charge in [-0.3, -0.25) is 0 Å². The minimum absolute atomic E-state index is 0.298. The summed E-state index contributed by atoms with van der Waals surface area (Å²) in [7, 11) is 0. The minimum Gasteiger partial charge on any atom is -0.384 e. The Balaban J connectivity index is 2.54. The largest absolute Gasteiger partial charge is 0.384 e. The van der Waals surface area contributed by atoms with Gasteiger partial charge in [-0.1, -0.05) is 26.8 Å². The highest BCUT2D eigenvalue weighted by Crippen LogP contribution is 2.20. The van der Waals surface area contributed by atoms with Gasteiger partial charge in [0.1, 0.15) is 11.6 Å². The van der Waals surface area contributed by atoms with Gasteiger partial charge in [-0.05, 0) is 24.0 Å². The van der Waals surface area contributed by atoms with Gasteiger partial charge in [0.15, 0.2) is 0 Å². The highest BCUT2D eigenvalue weighted by Gasteiger charge is 2.14. The first-order chi connectivity index (χ1) is 6.53. The van der Waals surface area contributed by atoms with Gasteiger partial charge in [0.2, 0.25) is 0 Å². The molecule has 0 bridgehead atoms. The first kappa shape index (κ1) is 10.8. The zero-order valence-electron chi connectivity index (χ0n) is 9.17. The van der Waals surface area contributed by atoms with Crippen LogP contribution in [0.4, 0.5) is 11.6 Å². The predicted octanol–water partition coefficient (Wildman–Crippen LogP) is 2.51. The standard InChI is InChI=1S/C11H19N3/c1-4-11(2,3)8-13-10-7-5-6-9(12)14-10/h5-7H,4,8H2,1-3H3,(H3,12,13,14). The van der Waals surface area contributed by atoms with Crippen molar-refractivity contribution in [3.63, 3.8) is 0 Å².